The van der Waals surface area contributed by atoms with Crippen LogP contribution < -0.4 is 15.5 Å². The minimum Gasteiger partial charge on any atom is -0.358 e. The van der Waals surface area contributed by atoms with Crippen molar-refractivity contribution >= 4 is 11.6 Å². The van der Waals surface area contributed by atoms with Crippen molar-refractivity contribution in [2.24, 2.45) is 0 Å². The van der Waals surface area contributed by atoms with Gasteiger partial charge in [-0.25, -0.2) is 0 Å². The van der Waals surface area contributed by atoms with Crippen molar-refractivity contribution in [3.8, 4) is 0 Å². The van der Waals surface area contributed by atoms with Crippen LogP contribution in [0.25, 0.3) is 0 Å². The maximum Gasteiger partial charge on any atom is 0.242 e. The molecule has 1 aromatic rings. The molecule has 1 unspecified atom stereocenters. The Morgan fingerprint density at radius 3 is 2.76 bits per heavy atom. The summed E-state index contributed by atoms with van der Waals surface area (Å²) in [5, 5.41) is 6.47. The number of amides is 1. The number of carbonyl (C=O) groups excluding carboxylic acids is 1. The predicted octanol–water partition coefficient (Wildman–Crippen LogP) is 2.21. The van der Waals surface area contributed by atoms with Gasteiger partial charge < -0.3 is 15.5 Å². The number of aryl methyl sites for hydroxylation is 1. The van der Waals surface area contributed by atoms with Crippen molar-refractivity contribution < 1.29 is 4.79 Å². The molecule has 1 aliphatic rings. The first kappa shape index (κ1) is 15.8. The second kappa shape index (κ2) is 6.06. The van der Waals surface area contributed by atoms with Crippen molar-refractivity contribution in [3.05, 3.63) is 29.3 Å². The van der Waals surface area contributed by atoms with Crippen LogP contribution >= 0.6 is 0 Å². The lowest BCUT2D eigenvalue weighted by molar-refractivity contribution is -0.122. The van der Waals surface area contributed by atoms with Crippen LogP contribution in [0.4, 0.5) is 5.69 Å². The molecule has 4 nitrogen and oxygen atoms in total. The molecule has 1 amide bonds. The topological polar surface area (TPSA) is 44.4 Å². The summed E-state index contributed by atoms with van der Waals surface area (Å²) in [4.78, 5) is 14.1. The Morgan fingerprint density at radius 2 is 2.10 bits per heavy atom. The number of hydrogen-bond acceptors (Lipinski definition) is 3. The van der Waals surface area contributed by atoms with Gasteiger partial charge in [-0.3, -0.25) is 4.79 Å². The zero-order valence-corrected chi connectivity index (χ0v) is 13.8. The number of rotatable bonds is 3. The van der Waals surface area contributed by atoms with E-state index < -0.39 is 0 Å². The molecule has 116 valence electrons. The third kappa shape index (κ3) is 3.97. The molecular formula is C17H27N3O. The molecule has 21 heavy (non-hydrogen) atoms. The highest BCUT2D eigenvalue weighted by Gasteiger charge is 2.27. The predicted molar refractivity (Wildman–Crippen MR) is 87.6 cm³/mol. The summed E-state index contributed by atoms with van der Waals surface area (Å²) >= 11 is 0. The maximum atomic E-state index is 11.9. The summed E-state index contributed by atoms with van der Waals surface area (Å²) in [5.41, 5.74) is 3.75. The van der Waals surface area contributed by atoms with E-state index in [4.69, 9.17) is 0 Å². The first-order valence-electron chi connectivity index (χ1n) is 7.67. The Kier molecular flexibility index (Phi) is 4.57. The van der Waals surface area contributed by atoms with Crippen LogP contribution in [-0.2, 0) is 11.3 Å². The molecule has 0 aromatic heterocycles. The molecule has 1 fully saturated rings. The number of piperazine rings is 1. The van der Waals surface area contributed by atoms with Crippen LogP contribution in [0.5, 0.6) is 0 Å². The summed E-state index contributed by atoms with van der Waals surface area (Å²) < 4.78 is 0. The molecule has 4 heteroatoms. The highest BCUT2D eigenvalue weighted by Crippen LogP contribution is 2.25. The fourth-order valence-corrected chi connectivity index (χ4v) is 2.61. The molecule has 1 aliphatic heterocycles. The zero-order valence-electron chi connectivity index (χ0n) is 13.8. The number of carbonyl (C=O) groups is 1. The molecule has 0 saturated carbocycles. The third-order valence-corrected chi connectivity index (χ3v) is 3.85. The van der Waals surface area contributed by atoms with E-state index in [1.807, 2.05) is 6.92 Å². The molecule has 1 atom stereocenters. The Hall–Kier alpha value is -1.55. The summed E-state index contributed by atoms with van der Waals surface area (Å²) in [6.45, 7) is 13.0. The normalized spacial score (nSPS) is 19.6. The quantitative estimate of drug-likeness (QED) is 0.896. The fraction of sp³-hybridized carbons (Fsp3) is 0.588. The van der Waals surface area contributed by atoms with E-state index in [1.54, 1.807) is 0 Å². The van der Waals surface area contributed by atoms with Crippen LogP contribution in [0, 0.1) is 6.92 Å². The standard InChI is InChI=1S/C17H27N3O/c1-12-6-7-15(14(10-12)11-19-17(3,4)5)20-9-8-18-16(21)13(20)2/h6-7,10,13,19H,8-9,11H2,1-5H3,(H,18,21). The van der Waals surface area contributed by atoms with Gasteiger partial charge in [0.25, 0.3) is 0 Å². The second-order valence-electron chi connectivity index (χ2n) is 6.90. The van der Waals surface area contributed by atoms with Crippen molar-refractivity contribution in [1.82, 2.24) is 10.6 Å². The number of benzene rings is 1. The van der Waals surface area contributed by atoms with Crippen molar-refractivity contribution in [2.45, 2.75) is 52.7 Å². The van der Waals surface area contributed by atoms with Crippen molar-refractivity contribution in [1.29, 1.82) is 0 Å². The van der Waals surface area contributed by atoms with Gasteiger partial charge in [0, 0.05) is 30.9 Å². The SMILES string of the molecule is Cc1ccc(N2CCNC(=O)C2C)c(CNC(C)(C)C)c1. The first-order valence-corrected chi connectivity index (χ1v) is 7.67. The monoisotopic (exact) mass is 289 g/mol. The van der Waals surface area contributed by atoms with E-state index >= 15 is 0 Å². The summed E-state index contributed by atoms with van der Waals surface area (Å²) in [6.07, 6.45) is 0. The van der Waals surface area contributed by atoms with Crippen LogP contribution in [0.1, 0.15) is 38.8 Å². The Morgan fingerprint density at radius 1 is 1.38 bits per heavy atom. The smallest absolute Gasteiger partial charge is 0.242 e. The molecule has 1 heterocycles. The average Bonchev–Trinajstić information content (AvgIpc) is 2.39. The summed E-state index contributed by atoms with van der Waals surface area (Å²) in [7, 11) is 0. The summed E-state index contributed by atoms with van der Waals surface area (Å²) in [5.74, 6) is 0.108. The van der Waals surface area contributed by atoms with Gasteiger partial charge in [-0.2, -0.15) is 0 Å². The number of nitrogens with one attached hydrogen (secondary N) is 2. The second-order valence-corrected chi connectivity index (χ2v) is 6.90. The fourth-order valence-electron chi connectivity index (χ4n) is 2.61. The molecule has 0 spiro atoms. The zero-order chi connectivity index (χ0) is 15.6. The van der Waals surface area contributed by atoms with Gasteiger partial charge in [0.2, 0.25) is 5.91 Å². The van der Waals surface area contributed by atoms with Gasteiger partial charge in [-0.05, 0) is 46.2 Å². The van der Waals surface area contributed by atoms with Gasteiger partial charge >= 0.3 is 0 Å². The Bertz CT molecular complexity index is 519. The minimum atomic E-state index is -0.116. The highest BCUT2D eigenvalue weighted by molar-refractivity contribution is 5.86. The molecular weight excluding hydrogens is 262 g/mol. The van der Waals surface area contributed by atoms with Gasteiger partial charge in [-0.15, -0.1) is 0 Å². The van der Waals surface area contributed by atoms with E-state index in [1.165, 1.54) is 16.8 Å². The lowest BCUT2D eigenvalue weighted by atomic mass is 10.0. The molecule has 0 radical (unpaired) electrons. The molecule has 0 bridgehead atoms. The molecule has 2 rings (SSSR count). The van der Waals surface area contributed by atoms with Crippen LogP contribution in [0.2, 0.25) is 0 Å². The number of nitrogens with zero attached hydrogens (tertiary/aromatic N) is 1. The minimum absolute atomic E-state index is 0.0753. The van der Waals surface area contributed by atoms with Crippen LogP contribution in [0.3, 0.4) is 0 Å². The number of anilines is 1. The van der Waals surface area contributed by atoms with Gasteiger partial charge in [0.15, 0.2) is 0 Å². The highest BCUT2D eigenvalue weighted by atomic mass is 16.2. The molecule has 1 aromatic carbocycles. The van der Waals surface area contributed by atoms with E-state index in [0.29, 0.717) is 6.54 Å². The van der Waals surface area contributed by atoms with Crippen molar-refractivity contribution in [3.63, 3.8) is 0 Å². The maximum absolute atomic E-state index is 11.9. The van der Waals surface area contributed by atoms with Gasteiger partial charge in [0.05, 0.1) is 0 Å². The third-order valence-electron chi connectivity index (χ3n) is 3.85. The van der Waals surface area contributed by atoms with E-state index in [0.717, 1.165) is 13.1 Å². The largest absolute Gasteiger partial charge is 0.358 e. The van der Waals surface area contributed by atoms with Gasteiger partial charge in [0.1, 0.15) is 6.04 Å². The van der Waals surface area contributed by atoms with Crippen molar-refractivity contribution in [2.75, 3.05) is 18.0 Å². The summed E-state index contributed by atoms with van der Waals surface area (Å²) in [6, 6.07) is 6.36. The van der Waals surface area contributed by atoms with Crippen LogP contribution in [-0.4, -0.2) is 30.6 Å². The van der Waals surface area contributed by atoms with E-state index in [2.05, 4.69) is 61.4 Å². The number of hydrogen-bond donors (Lipinski definition) is 2. The van der Waals surface area contributed by atoms with Crippen LogP contribution in [0.15, 0.2) is 18.2 Å². The lowest BCUT2D eigenvalue weighted by Gasteiger charge is -2.36. The van der Waals surface area contributed by atoms with E-state index in [-0.39, 0.29) is 17.5 Å². The Balaban J connectivity index is 2.27. The van der Waals surface area contributed by atoms with E-state index in [9.17, 15) is 4.79 Å². The first-order chi connectivity index (χ1) is 9.78. The van der Waals surface area contributed by atoms with Gasteiger partial charge in [-0.1, -0.05) is 17.7 Å². The molecule has 1 saturated heterocycles. The lowest BCUT2D eigenvalue weighted by Crippen LogP contribution is -2.54. The molecule has 0 aliphatic carbocycles. The average molecular weight is 289 g/mol. The Labute approximate surface area is 127 Å². The molecule has 2 N–H and O–H groups in total.